The first-order valence-electron chi connectivity index (χ1n) is 13.4. The average molecular weight is 545 g/mol. The van der Waals surface area contributed by atoms with Crippen LogP contribution < -0.4 is 10.6 Å². The molecule has 2 aromatic heterocycles. The van der Waals surface area contributed by atoms with Gasteiger partial charge in [0.25, 0.3) is 5.91 Å². The molecule has 3 aromatic rings. The highest BCUT2D eigenvalue weighted by molar-refractivity contribution is 5.92. The van der Waals surface area contributed by atoms with Gasteiger partial charge in [-0.05, 0) is 81.0 Å². The van der Waals surface area contributed by atoms with Gasteiger partial charge in [0.1, 0.15) is 23.3 Å². The van der Waals surface area contributed by atoms with Crippen molar-refractivity contribution < 1.29 is 27.2 Å². The van der Waals surface area contributed by atoms with E-state index < -0.39 is 30.8 Å². The Morgan fingerprint density at radius 2 is 1.90 bits per heavy atom. The van der Waals surface area contributed by atoms with Gasteiger partial charge in [-0.1, -0.05) is 6.07 Å². The number of halogens is 3. The minimum absolute atomic E-state index is 0.0165. The van der Waals surface area contributed by atoms with E-state index in [2.05, 4.69) is 10.4 Å². The van der Waals surface area contributed by atoms with Gasteiger partial charge in [-0.25, -0.2) is 9.78 Å². The minimum Gasteiger partial charge on any atom is -0.438 e. The van der Waals surface area contributed by atoms with Crippen molar-refractivity contribution in [3.8, 4) is 0 Å². The Balaban J connectivity index is 1.27. The minimum atomic E-state index is -4.50. The molecular weight excluding hydrogens is 513 g/mol. The number of fused-ring (bicyclic) bond motifs is 1. The fraction of sp³-hybridized carbons (Fsp3) is 0.556. The van der Waals surface area contributed by atoms with E-state index in [1.54, 1.807) is 35.1 Å². The summed E-state index contributed by atoms with van der Waals surface area (Å²) in [7, 11) is 0. The molecule has 2 aliphatic carbocycles. The topological polar surface area (TPSA) is 105 Å². The normalized spacial score (nSPS) is 20.7. The highest BCUT2D eigenvalue weighted by atomic mass is 19.4. The molecule has 3 heterocycles. The molecule has 3 fully saturated rings. The van der Waals surface area contributed by atoms with Crippen molar-refractivity contribution in [2.75, 3.05) is 6.54 Å². The number of hydrogen-bond donors (Lipinski definition) is 2. The number of carbonyl (C=O) groups excluding carboxylic acids is 2. The molecule has 2 N–H and O–H groups in total. The Morgan fingerprint density at radius 3 is 2.51 bits per heavy atom. The Labute approximate surface area is 223 Å². The molecule has 0 spiro atoms. The number of nitrogens with one attached hydrogen (secondary N) is 2. The molecule has 9 nitrogen and oxygen atoms in total. The highest BCUT2D eigenvalue weighted by Gasteiger charge is 2.49. The maximum atomic E-state index is 13.4. The van der Waals surface area contributed by atoms with Crippen LogP contribution in [0.4, 0.5) is 18.0 Å². The van der Waals surface area contributed by atoms with Gasteiger partial charge in [-0.3, -0.25) is 9.48 Å². The molecule has 1 aromatic carbocycles. The summed E-state index contributed by atoms with van der Waals surface area (Å²) in [6, 6.07) is 3.84. The number of benzene rings is 1. The fourth-order valence-electron chi connectivity index (χ4n) is 5.69. The SMILES string of the molecule is CC(C)n1nccc1C(=O)N[C@H](c1nc2cc(CN3C[C@@H](C(F)(F)F)NC3=O)ccc2o1)C(C1CC1)C1CC1. The molecule has 0 radical (unpaired) electrons. The molecule has 3 amide bonds. The molecule has 0 unspecified atom stereocenters. The van der Waals surface area contributed by atoms with E-state index in [4.69, 9.17) is 9.40 Å². The van der Waals surface area contributed by atoms with E-state index >= 15 is 0 Å². The average Bonchev–Trinajstić information content (AvgIpc) is 3.76. The zero-order valence-corrected chi connectivity index (χ0v) is 21.7. The Morgan fingerprint density at radius 1 is 1.18 bits per heavy atom. The maximum Gasteiger partial charge on any atom is 0.410 e. The second-order valence-corrected chi connectivity index (χ2v) is 11.2. The maximum absolute atomic E-state index is 13.4. The standard InChI is InChI=1S/C27H31F3N6O3/c1-14(2)36-19(9-10-31-36)24(37)34-23(22(16-4-5-16)17-6-7-17)25-32-18-11-15(3-8-20(18)39-25)12-35-13-21(27(28,29)30)33-26(35)38/h3,8-11,14,16-17,21-23H,4-7,12-13H2,1-2H3,(H,33,38)(H,34,37)/t21-,23-/m0/s1. The predicted molar refractivity (Wildman–Crippen MR) is 135 cm³/mol. The van der Waals surface area contributed by atoms with Crippen LogP contribution in [-0.2, 0) is 6.54 Å². The van der Waals surface area contributed by atoms with Crippen LogP contribution in [-0.4, -0.2) is 50.4 Å². The lowest BCUT2D eigenvalue weighted by Crippen LogP contribution is -2.40. The van der Waals surface area contributed by atoms with Crippen molar-refractivity contribution in [2.24, 2.45) is 17.8 Å². The second-order valence-electron chi connectivity index (χ2n) is 11.2. The van der Waals surface area contributed by atoms with Crippen LogP contribution in [0.5, 0.6) is 0 Å². The molecule has 2 atom stereocenters. The van der Waals surface area contributed by atoms with Crippen molar-refractivity contribution in [2.45, 2.75) is 70.4 Å². The molecule has 2 saturated carbocycles. The number of alkyl halides is 3. The quantitative estimate of drug-likeness (QED) is 0.396. The summed E-state index contributed by atoms with van der Waals surface area (Å²) in [6.45, 7) is 3.50. The number of amides is 3. The number of aromatic nitrogens is 3. The van der Waals surface area contributed by atoms with E-state index in [1.165, 1.54) is 0 Å². The van der Waals surface area contributed by atoms with Crippen LogP contribution in [0.2, 0.25) is 0 Å². The number of oxazole rings is 1. The Kier molecular flexibility index (Phi) is 6.30. The van der Waals surface area contributed by atoms with Gasteiger partial charge in [0.05, 0.1) is 6.54 Å². The summed E-state index contributed by atoms with van der Waals surface area (Å²) in [5, 5.41) is 9.49. The van der Waals surface area contributed by atoms with Gasteiger partial charge < -0.3 is 20.0 Å². The smallest absolute Gasteiger partial charge is 0.410 e. The third-order valence-electron chi connectivity index (χ3n) is 7.89. The summed E-state index contributed by atoms with van der Waals surface area (Å²) in [6.07, 6.45) is 1.55. The second kappa shape index (κ2) is 9.56. The summed E-state index contributed by atoms with van der Waals surface area (Å²) >= 11 is 0. The molecular formula is C27H31F3N6O3. The lowest BCUT2D eigenvalue weighted by molar-refractivity contribution is -0.149. The monoisotopic (exact) mass is 544 g/mol. The number of nitrogens with zero attached hydrogens (tertiary/aromatic N) is 4. The molecule has 208 valence electrons. The van der Waals surface area contributed by atoms with Crippen molar-refractivity contribution in [3.05, 3.63) is 47.6 Å². The van der Waals surface area contributed by atoms with Crippen molar-refractivity contribution in [1.82, 2.24) is 30.3 Å². The van der Waals surface area contributed by atoms with Gasteiger partial charge in [0.2, 0.25) is 5.89 Å². The van der Waals surface area contributed by atoms with Gasteiger partial charge in [0, 0.05) is 18.8 Å². The number of carbonyl (C=O) groups is 2. The van der Waals surface area contributed by atoms with Gasteiger partial charge in [-0.15, -0.1) is 0 Å². The van der Waals surface area contributed by atoms with E-state index in [-0.39, 0.29) is 24.4 Å². The van der Waals surface area contributed by atoms with Crippen LogP contribution in [0, 0.1) is 17.8 Å². The summed E-state index contributed by atoms with van der Waals surface area (Å²) in [5.74, 6) is 1.40. The molecule has 6 rings (SSSR count). The molecule has 1 aliphatic heterocycles. The van der Waals surface area contributed by atoms with E-state index in [9.17, 15) is 22.8 Å². The van der Waals surface area contributed by atoms with Crippen molar-refractivity contribution in [1.29, 1.82) is 0 Å². The summed E-state index contributed by atoms with van der Waals surface area (Å²) in [5.41, 5.74) is 2.17. The van der Waals surface area contributed by atoms with Crippen LogP contribution in [0.3, 0.4) is 0 Å². The Bertz CT molecular complexity index is 1380. The van der Waals surface area contributed by atoms with Gasteiger partial charge in [-0.2, -0.15) is 18.3 Å². The molecule has 12 heteroatoms. The first kappa shape index (κ1) is 25.7. The van der Waals surface area contributed by atoms with Crippen molar-refractivity contribution >= 4 is 23.0 Å². The van der Waals surface area contributed by atoms with Crippen LogP contribution >= 0.6 is 0 Å². The molecule has 0 bridgehead atoms. The first-order chi connectivity index (χ1) is 18.6. The number of rotatable bonds is 9. The lowest BCUT2D eigenvalue weighted by atomic mass is 9.89. The zero-order chi connectivity index (χ0) is 27.5. The van der Waals surface area contributed by atoms with Crippen LogP contribution in [0.25, 0.3) is 11.1 Å². The third kappa shape index (κ3) is 5.20. The number of urea groups is 1. The predicted octanol–water partition coefficient (Wildman–Crippen LogP) is 4.97. The summed E-state index contributed by atoms with van der Waals surface area (Å²) in [4.78, 5) is 31.4. The lowest BCUT2D eigenvalue weighted by Gasteiger charge is -2.26. The van der Waals surface area contributed by atoms with E-state index in [1.807, 2.05) is 19.2 Å². The van der Waals surface area contributed by atoms with E-state index in [0.29, 0.717) is 40.1 Å². The fourth-order valence-corrected chi connectivity index (χ4v) is 5.69. The summed E-state index contributed by atoms with van der Waals surface area (Å²) < 4.78 is 47.1. The third-order valence-corrected chi connectivity index (χ3v) is 7.89. The van der Waals surface area contributed by atoms with Gasteiger partial charge in [0.15, 0.2) is 5.58 Å². The first-order valence-corrected chi connectivity index (χ1v) is 13.4. The molecule has 1 saturated heterocycles. The van der Waals surface area contributed by atoms with Crippen LogP contribution in [0.15, 0.2) is 34.9 Å². The number of hydrogen-bond acceptors (Lipinski definition) is 5. The highest BCUT2D eigenvalue weighted by Crippen LogP contribution is 2.54. The molecule has 39 heavy (non-hydrogen) atoms. The zero-order valence-electron chi connectivity index (χ0n) is 21.7. The Hall–Kier alpha value is -3.57. The largest absolute Gasteiger partial charge is 0.438 e. The van der Waals surface area contributed by atoms with E-state index in [0.717, 1.165) is 30.6 Å². The van der Waals surface area contributed by atoms with Gasteiger partial charge >= 0.3 is 12.2 Å². The van der Waals surface area contributed by atoms with Crippen molar-refractivity contribution in [3.63, 3.8) is 0 Å². The molecule has 3 aliphatic rings. The van der Waals surface area contributed by atoms with Crippen LogP contribution in [0.1, 0.15) is 73.6 Å².